The summed E-state index contributed by atoms with van der Waals surface area (Å²) in [6.45, 7) is 5.75. The van der Waals surface area contributed by atoms with Crippen molar-refractivity contribution in [2.45, 2.75) is 51.6 Å². The Morgan fingerprint density at radius 3 is 2.57 bits per heavy atom. The van der Waals surface area contributed by atoms with Crippen LogP contribution in [0.15, 0.2) is 18.2 Å². The Hall–Kier alpha value is -1.95. The summed E-state index contributed by atoms with van der Waals surface area (Å²) in [4.78, 5) is 15.4. The number of halogens is 1. The average Bonchev–Trinajstić information content (AvgIpc) is 2.71. The van der Waals surface area contributed by atoms with Crippen LogP contribution in [0.5, 0.6) is 0 Å². The summed E-state index contributed by atoms with van der Waals surface area (Å²) in [5.41, 5.74) is 1.27. The van der Waals surface area contributed by atoms with Crippen LogP contribution in [0, 0.1) is 17.1 Å². The fourth-order valence-corrected chi connectivity index (χ4v) is 4.28. The number of nitrogens with one attached hydrogen (secondary N) is 1. The van der Waals surface area contributed by atoms with Crippen LogP contribution in [-0.4, -0.2) is 55.9 Å². The average molecular weight is 390 g/mol. The van der Waals surface area contributed by atoms with Gasteiger partial charge in [0.2, 0.25) is 5.91 Å². The molecule has 0 aliphatic carbocycles. The number of carbonyl (C=O) groups excluding carboxylic acids is 1. The second kappa shape index (κ2) is 10.0. The second-order valence-corrected chi connectivity index (χ2v) is 7.95. The number of ether oxygens (including phenoxy) is 1. The predicted molar refractivity (Wildman–Crippen MR) is 110 cm³/mol. The fourth-order valence-electron chi connectivity index (χ4n) is 4.28. The van der Waals surface area contributed by atoms with Gasteiger partial charge in [-0.25, -0.2) is 4.39 Å². The highest BCUT2D eigenvalue weighted by Gasteiger charge is 2.24. The van der Waals surface area contributed by atoms with Gasteiger partial charge in [0.15, 0.2) is 0 Å². The van der Waals surface area contributed by atoms with E-state index in [1.807, 2.05) is 17.0 Å². The maximum absolute atomic E-state index is 14.6. The summed E-state index contributed by atoms with van der Waals surface area (Å²) < 4.78 is 20.7. The molecule has 0 spiro atoms. The van der Waals surface area contributed by atoms with Gasteiger partial charge in [-0.1, -0.05) is 12.1 Å². The van der Waals surface area contributed by atoms with Crippen molar-refractivity contribution in [3.8, 4) is 0 Å². The summed E-state index contributed by atoms with van der Waals surface area (Å²) in [6.07, 6.45) is 6.91. The Balaban J connectivity index is 1.39. The van der Waals surface area contributed by atoms with Crippen LogP contribution in [-0.2, 0) is 16.0 Å². The Labute approximate surface area is 167 Å². The highest BCUT2D eigenvalue weighted by atomic mass is 19.1. The lowest BCUT2D eigenvalue weighted by Gasteiger charge is -2.35. The summed E-state index contributed by atoms with van der Waals surface area (Å²) in [5, 5.41) is 7.21. The van der Waals surface area contributed by atoms with Gasteiger partial charge in [0.25, 0.3) is 0 Å². The minimum absolute atomic E-state index is 0.157. The first-order valence-corrected chi connectivity index (χ1v) is 10.5. The molecule has 2 fully saturated rings. The van der Waals surface area contributed by atoms with Crippen molar-refractivity contribution in [3.63, 3.8) is 0 Å². The van der Waals surface area contributed by atoms with Gasteiger partial charge >= 0.3 is 0 Å². The monoisotopic (exact) mass is 389 g/mol. The molecule has 3 rings (SSSR count). The molecule has 1 aromatic carbocycles. The summed E-state index contributed by atoms with van der Waals surface area (Å²) >= 11 is 0. The quantitative estimate of drug-likeness (QED) is 0.724. The molecule has 2 heterocycles. The molecule has 0 radical (unpaired) electrons. The number of likely N-dealkylation sites (tertiary alicyclic amines) is 1. The van der Waals surface area contributed by atoms with E-state index in [4.69, 9.17) is 10.1 Å². The molecule has 5 nitrogen and oxygen atoms in total. The molecule has 0 bridgehead atoms. The van der Waals surface area contributed by atoms with Crippen LogP contribution in [0.1, 0.15) is 44.6 Å². The van der Waals surface area contributed by atoms with Crippen LogP contribution < -0.4 is 4.90 Å². The molecule has 1 amide bonds. The number of benzene rings is 1. The van der Waals surface area contributed by atoms with Gasteiger partial charge in [-0.2, -0.15) is 0 Å². The molecule has 2 aliphatic heterocycles. The Morgan fingerprint density at radius 1 is 1.21 bits per heavy atom. The molecule has 6 heteroatoms. The fraction of sp³-hybridized carbons (Fsp3) is 0.636. The minimum atomic E-state index is -0.176. The number of carbonyl (C=O) groups is 1. The van der Waals surface area contributed by atoms with Crippen LogP contribution >= 0.6 is 0 Å². The summed E-state index contributed by atoms with van der Waals surface area (Å²) in [6, 6.07) is 5.49. The Bertz CT molecular complexity index is 666. The van der Waals surface area contributed by atoms with Gasteiger partial charge < -0.3 is 19.9 Å². The molecule has 1 aromatic rings. The van der Waals surface area contributed by atoms with Crippen molar-refractivity contribution in [2.75, 3.05) is 37.7 Å². The third-order valence-electron chi connectivity index (χ3n) is 6.10. The predicted octanol–water partition coefficient (Wildman–Crippen LogP) is 3.65. The highest BCUT2D eigenvalue weighted by molar-refractivity contribution is 5.73. The second-order valence-electron chi connectivity index (χ2n) is 7.95. The van der Waals surface area contributed by atoms with Crippen LogP contribution in [0.3, 0.4) is 0 Å². The van der Waals surface area contributed by atoms with E-state index >= 15 is 0 Å². The van der Waals surface area contributed by atoms with Gasteiger partial charge in [0.1, 0.15) is 5.82 Å². The molecule has 2 aliphatic rings. The molecular weight excluding hydrogens is 357 g/mol. The highest BCUT2D eigenvalue weighted by Crippen LogP contribution is 2.29. The van der Waals surface area contributed by atoms with E-state index in [-0.39, 0.29) is 17.8 Å². The lowest BCUT2D eigenvalue weighted by Crippen LogP contribution is -2.40. The third-order valence-corrected chi connectivity index (χ3v) is 6.10. The first kappa shape index (κ1) is 20.8. The topological polar surface area (TPSA) is 56.6 Å². The third kappa shape index (κ3) is 5.31. The first-order chi connectivity index (χ1) is 13.6. The van der Waals surface area contributed by atoms with Gasteiger partial charge in [-0.05, 0) is 55.9 Å². The molecule has 1 N–H and O–H groups in total. The SMILES string of the molecule is CC(=O)N1CCC(OCCC2CCN(c3cccc(CC=N)c3F)CC2)CC1. The van der Waals surface area contributed by atoms with Crippen molar-refractivity contribution in [3.05, 3.63) is 29.6 Å². The number of hydrogen-bond donors (Lipinski definition) is 1. The molecule has 154 valence electrons. The first-order valence-electron chi connectivity index (χ1n) is 10.5. The normalized spacial score (nSPS) is 19.1. The molecule has 28 heavy (non-hydrogen) atoms. The lowest BCUT2D eigenvalue weighted by atomic mass is 9.93. The number of amides is 1. The Morgan fingerprint density at radius 2 is 1.93 bits per heavy atom. The van der Waals surface area contributed by atoms with E-state index in [1.165, 1.54) is 6.21 Å². The van der Waals surface area contributed by atoms with Crippen LogP contribution in [0.4, 0.5) is 10.1 Å². The lowest BCUT2D eigenvalue weighted by molar-refractivity contribution is -0.131. The standard InChI is InChI=1S/C22H32FN3O2/c1-17(27)25-14-8-20(9-15-25)28-16-10-18-6-12-26(13-7-18)21-4-2-3-19(5-11-24)22(21)23/h2-4,11,18,20,24H,5-10,12-16H2,1H3. The Kier molecular flexibility index (Phi) is 7.43. The zero-order valence-corrected chi connectivity index (χ0v) is 16.8. The maximum atomic E-state index is 14.6. The zero-order valence-electron chi connectivity index (χ0n) is 16.8. The number of hydrogen-bond acceptors (Lipinski definition) is 4. The van der Waals surface area contributed by atoms with Gasteiger partial charge in [0.05, 0.1) is 11.8 Å². The van der Waals surface area contributed by atoms with Crippen LogP contribution in [0.2, 0.25) is 0 Å². The van der Waals surface area contributed by atoms with Crippen molar-refractivity contribution >= 4 is 17.8 Å². The van der Waals surface area contributed by atoms with E-state index in [0.717, 1.165) is 64.9 Å². The van der Waals surface area contributed by atoms with E-state index in [9.17, 15) is 9.18 Å². The molecular formula is C22H32FN3O2. The van der Waals surface area contributed by atoms with Crippen molar-refractivity contribution in [1.82, 2.24) is 4.90 Å². The van der Waals surface area contributed by atoms with Crippen molar-refractivity contribution in [2.24, 2.45) is 5.92 Å². The van der Waals surface area contributed by atoms with Gasteiger partial charge in [-0.15, -0.1) is 0 Å². The van der Waals surface area contributed by atoms with E-state index in [2.05, 4.69) is 4.90 Å². The minimum Gasteiger partial charge on any atom is -0.378 e. The molecule has 0 atom stereocenters. The number of anilines is 1. The summed E-state index contributed by atoms with van der Waals surface area (Å²) in [7, 11) is 0. The van der Waals surface area contributed by atoms with Crippen LogP contribution in [0.25, 0.3) is 0 Å². The maximum Gasteiger partial charge on any atom is 0.219 e. The summed E-state index contributed by atoms with van der Waals surface area (Å²) in [5.74, 6) is 0.607. The largest absolute Gasteiger partial charge is 0.378 e. The van der Waals surface area contributed by atoms with E-state index in [1.54, 1.807) is 13.0 Å². The molecule has 0 unspecified atom stereocenters. The zero-order chi connectivity index (χ0) is 19.9. The number of rotatable bonds is 7. The smallest absolute Gasteiger partial charge is 0.219 e. The molecule has 2 saturated heterocycles. The number of nitrogens with zero attached hydrogens (tertiary/aromatic N) is 2. The van der Waals surface area contributed by atoms with E-state index < -0.39 is 0 Å². The molecule has 0 aromatic heterocycles. The molecule has 0 saturated carbocycles. The van der Waals surface area contributed by atoms with Gasteiger partial charge in [-0.3, -0.25) is 4.79 Å². The van der Waals surface area contributed by atoms with Crippen molar-refractivity contribution < 1.29 is 13.9 Å². The number of piperidine rings is 2. The van der Waals surface area contributed by atoms with Crippen molar-refractivity contribution in [1.29, 1.82) is 5.41 Å². The van der Waals surface area contributed by atoms with E-state index in [0.29, 0.717) is 23.6 Å². The van der Waals surface area contributed by atoms with Gasteiger partial charge in [0, 0.05) is 46.1 Å².